The maximum Gasteiger partial charge on any atom is 0.243 e. The molecule has 1 aliphatic rings. The molecule has 1 saturated heterocycles. The molecule has 0 bridgehead atoms. The molecule has 1 fully saturated rings. The van der Waals surface area contributed by atoms with E-state index in [1.165, 1.54) is 24.6 Å². The van der Waals surface area contributed by atoms with Gasteiger partial charge < -0.3 is 15.2 Å². The summed E-state index contributed by atoms with van der Waals surface area (Å²) >= 11 is 0. The van der Waals surface area contributed by atoms with E-state index in [1.54, 1.807) is 13.0 Å². The summed E-state index contributed by atoms with van der Waals surface area (Å²) in [5, 5.41) is 0. The number of rotatable bonds is 4. The summed E-state index contributed by atoms with van der Waals surface area (Å²) in [5.74, 6) is 1.07. The summed E-state index contributed by atoms with van der Waals surface area (Å²) in [6, 6.07) is 3.06. The van der Waals surface area contributed by atoms with E-state index in [4.69, 9.17) is 15.2 Å². The van der Waals surface area contributed by atoms with Crippen molar-refractivity contribution in [3.05, 3.63) is 17.7 Å². The lowest BCUT2D eigenvalue weighted by atomic mass is 10.1. The zero-order valence-corrected chi connectivity index (χ0v) is 14.8. The topological polar surface area (TPSA) is 81.9 Å². The van der Waals surface area contributed by atoms with Crippen LogP contribution in [0.2, 0.25) is 0 Å². The maximum absolute atomic E-state index is 12.8. The molecule has 0 aliphatic carbocycles. The Balaban J connectivity index is 0.00000242. The van der Waals surface area contributed by atoms with Crippen molar-refractivity contribution < 1.29 is 17.9 Å². The van der Waals surface area contributed by atoms with Gasteiger partial charge in [-0.1, -0.05) is 6.92 Å². The zero-order chi connectivity index (χ0) is 15.8. The lowest BCUT2D eigenvalue weighted by molar-refractivity contribution is 0.353. The monoisotopic (exact) mass is 350 g/mol. The van der Waals surface area contributed by atoms with Gasteiger partial charge in [0, 0.05) is 25.2 Å². The van der Waals surface area contributed by atoms with E-state index in [9.17, 15) is 8.42 Å². The van der Waals surface area contributed by atoms with Crippen LogP contribution in [-0.2, 0) is 10.0 Å². The van der Waals surface area contributed by atoms with E-state index in [2.05, 4.69) is 0 Å². The normalized spacial score (nSPS) is 22.2. The standard InChI is InChI=1S/C14H22N2O4S.ClH/c1-9-5-12(19-3)13(20-4)6-14(9)21(17,18)16-7-10(2)11(15)8-16;/h5-6,10-11H,7-8,15H2,1-4H3;1H. The molecule has 0 saturated carbocycles. The van der Waals surface area contributed by atoms with Crippen molar-refractivity contribution in [1.82, 2.24) is 4.31 Å². The Bertz CT molecular complexity index is 626. The highest BCUT2D eigenvalue weighted by atomic mass is 35.5. The van der Waals surface area contributed by atoms with Crippen LogP contribution in [0, 0.1) is 12.8 Å². The third kappa shape index (κ3) is 3.32. The minimum Gasteiger partial charge on any atom is -0.493 e. The fourth-order valence-corrected chi connectivity index (χ4v) is 4.32. The van der Waals surface area contributed by atoms with Crippen molar-refractivity contribution >= 4 is 22.4 Å². The second-order valence-electron chi connectivity index (χ2n) is 5.44. The Kier molecular flexibility index (Phi) is 6.09. The maximum atomic E-state index is 12.8. The number of hydrogen-bond donors (Lipinski definition) is 1. The summed E-state index contributed by atoms with van der Waals surface area (Å²) in [6.45, 7) is 4.49. The SMILES string of the molecule is COc1cc(C)c(S(=O)(=O)N2CC(C)C(N)C2)cc1OC.Cl. The van der Waals surface area contributed by atoms with Crippen LogP contribution < -0.4 is 15.2 Å². The van der Waals surface area contributed by atoms with Crippen molar-refractivity contribution in [2.24, 2.45) is 11.7 Å². The molecule has 2 atom stereocenters. The van der Waals surface area contributed by atoms with Crippen LogP contribution in [-0.4, -0.2) is 46.1 Å². The third-order valence-electron chi connectivity index (χ3n) is 3.94. The molecule has 0 spiro atoms. The van der Waals surface area contributed by atoms with Crippen molar-refractivity contribution in [2.45, 2.75) is 24.8 Å². The molecule has 0 radical (unpaired) electrons. The summed E-state index contributed by atoms with van der Waals surface area (Å²) in [5.41, 5.74) is 6.56. The van der Waals surface area contributed by atoms with Gasteiger partial charge in [0.1, 0.15) is 0 Å². The number of hydrogen-bond acceptors (Lipinski definition) is 5. The predicted octanol–water partition coefficient (Wildman–Crippen LogP) is 1.40. The van der Waals surface area contributed by atoms with Gasteiger partial charge in [0.05, 0.1) is 19.1 Å². The number of aryl methyl sites for hydroxylation is 1. The molecule has 2 unspecified atom stereocenters. The lowest BCUT2D eigenvalue weighted by Gasteiger charge is -2.19. The minimum absolute atomic E-state index is 0. The first-order chi connectivity index (χ1) is 9.81. The lowest BCUT2D eigenvalue weighted by Crippen LogP contribution is -2.32. The Morgan fingerprint density at radius 2 is 1.73 bits per heavy atom. The summed E-state index contributed by atoms with van der Waals surface area (Å²) < 4.78 is 37.4. The average molecular weight is 351 g/mol. The van der Waals surface area contributed by atoms with Crippen LogP contribution in [0.5, 0.6) is 11.5 Å². The highest BCUT2D eigenvalue weighted by Gasteiger charge is 2.36. The van der Waals surface area contributed by atoms with E-state index < -0.39 is 10.0 Å². The van der Waals surface area contributed by atoms with Gasteiger partial charge in [-0.3, -0.25) is 0 Å². The first-order valence-electron chi connectivity index (χ1n) is 6.79. The van der Waals surface area contributed by atoms with Crippen LogP contribution >= 0.6 is 12.4 Å². The quantitative estimate of drug-likeness (QED) is 0.887. The van der Waals surface area contributed by atoms with Gasteiger partial charge in [-0.05, 0) is 24.5 Å². The van der Waals surface area contributed by atoms with E-state index in [-0.39, 0.29) is 29.3 Å². The molecule has 6 nitrogen and oxygen atoms in total. The number of nitrogens with zero attached hydrogens (tertiary/aromatic N) is 1. The van der Waals surface area contributed by atoms with Gasteiger partial charge in [-0.15, -0.1) is 12.4 Å². The molecular formula is C14H23ClN2O4S. The van der Waals surface area contributed by atoms with Gasteiger partial charge >= 0.3 is 0 Å². The number of methoxy groups -OCH3 is 2. The highest BCUT2D eigenvalue weighted by molar-refractivity contribution is 7.89. The molecule has 1 aromatic carbocycles. The van der Waals surface area contributed by atoms with Gasteiger partial charge in [-0.25, -0.2) is 8.42 Å². The Morgan fingerprint density at radius 3 is 2.18 bits per heavy atom. The molecular weight excluding hydrogens is 328 g/mol. The summed E-state index contributed by atoms with van der Waals surface area (Å²) in [6.07, 6.45) is 0. The predicted molar refractivity (Wildman–Crippen MR) is 87.4 cm³/mol. The number of benzene rings is 1. The zero-order valence-electron chi connectivity index (χ0n) is 13.2. The van der Waals surface area contributed by atoms with Gasteiger partial charge in [0.25, 0.3) is 0 Å². The van der Waals surface area contributed by atoms with E-state index in [1.807, 2.05) is 6.92 Å². The molecule has 1 aliphatic heterocycles. The first kappa shape index (κ1) is 19.0. The van der Waals surface area contributed by atoms with Crippen molar-refractivity contribution in [3.63, 3.8) is 0 Å². The molecule has 22 heavy (non-hydrogen) atoms. The summed E-state index contributed by atoms with van der Waals surface area (Å²) in [4.78, 5) is 0.237. The molecule has 8 heteroatoms. The van der Waals surface area contributed by atoms with Gasteiger partial charge in [-0.2, -0.15) is 4.31 Å². The minimum atomic E-state index is -3.58. The van der Waals surface area contributed by atoms with Gasteiger partial charge in [0.2, 0.25) is 10.0 Å². The molecule has 1 heterocycles. The molecule has 2 N–H and O–H groups in total. The van der Waals surface area contributed by atoms with E-state index in [0.29, 0.717) is 30.2 Å². The molecule has 2 rings (SSSR count). The fourth-order valence-electron chi connectivity index (χ4n) is 2.52. The first-order valence-corrected chi connectivity index (χ1v) is 8.23. The Hall–Kier alpha value is -1.02. The van der Waals surface area contributed by atoms with E-state index >= 15 is 0 Å². The smallest absolute Gasteiger partial charge is 0.243 e. The van der Waals surface area contributed by atoms with Gasteiger partial charge in [0.15, 0.2) is 11.5 Å². The highest BCUT2D eigenvalue weighted by Crippen LogP contribution is 2.34. The number of halogens is 1. The second-order valence-corrected chi connectivity index (χ2v) is 7.34. The van der Waals surface area contributed by atoms with Crippen LogP contribution in [0.25, 0.3) is 0 Å². The molecule has 0 aromatic heterocycles. The number of nitrogens with two attached hydrogens (primary N) is 1. The largest absolute Gasteiger partial charge is 0.493 e. The van der Waals surface area contributed by atoms with Crippen LogP contribution in [0.15, 0.2) is 17.0 Å². The Morgan fingerprint density at radius 1 is 1.18 bits per heavy atom. The fraction of sp³-hybridized carbons (Fsp3) is 0.571. The van der Waals surface area contributed by atoms with Crippen LogP contribution in [0.3, 0.4) is 0 Å². The van der Waals surface area contributed by atoms with E-state index in [0.717, 1.165) is 0 Å². The molecule has 1 aromatic rings. The third-order valence-corrected chi connectivity index (χ3v) is 5.91. The van der Waals surface area contributed by atoms with Crippen molar-refractivity contribution in [2.75, 3.05) is 27.3 Å². The van der Waals surface area contributed by atoms with Crippen molar-refractivity contribution in [1.29, 1.82) is 0 Å². The molecule has 0 amide bonds. The number of sulfonamides is 1. The second kappa shape index (κ2) is 7.04. The number of ether oxygens (including phenoxy) is 2. The average Bonchev–Trinajstić information content (AvgIpc) is 2.78. The molecule has 126 valence electrons. The van der Waals surface area contributed by atoms with Crippen LogP contribution in [0.1, 0.15) is 12.5 Å². The Labute approximate surface area is 138 Å². The summed E-state index contributed by atoms with van der Waals surface area (Å²) in [7, 11) is -0.571. The van der Waals surface area contributed by atoms with Crippen molar-refractivity contribution in [3.8, 4) is 11.5 Å². The van der Waals surface area contributed by atoms with Crippen LogP contribution in [0.4, 0.5) is 0 Å².